The number of aromatic nitrogens is 1. The van der Waals surface area contributed by atoms with Gasteiger partial charge in [0.15, 0.2) is 5.76 Å². The third-order valence-corrected chi connectivity index (χ3v) is 6.40. The van der Waals surface area contributed by atoms with Crippen molar-refractivity contribution < 1.29 is 19.2 Å². The lowest BCUT2D eigenvalue weighted by Crippen LogP contribution is -2.29. The summed E-state index contributed by atoms with van der Waals surface area (Å²) in [7, 11) is 0. The Morgan fingerprint density at radius 2 is 2.13 bits per heavy atom. The first kappa shape index (κ1) is 19.4. The van der Waals surface area contributed by atoms with E-state index >= 15 is 0 Å². The molecule has 1 aliphatic rings. The first-order valence-electron chi connectivity index (χ1n) is 9.70. The van der Waals surface area contributed by atoms with Crippen LogP contribution in [0.25, 0.3) is 21.9 Å². The van der Waals surface area contributed by atoms with Gasteiger partial charge in [0.2, 0.25) is 0 Å². The van der Waals surface area contributed by atoms with Crippen molar-refractivity contribution >= 4 is 50.8 Å². The highest BCUT2D eigenvalue weighted by Gasteiger charge is 2.37. The number of rotatable bonds is 3. The van der Waals surface area contributed by atoms with Crippen LogP contribution in [0.2, 0.25) is 0 Å². The number of aromatic amines is 1. The number of nitro groups is 1. The number of amides is 1. The molecule has 1 unspecified atom stereocenters. The minimum Gasteiger partial charge on any atom is -0.506 e. The van der Waals surface area contributed by atoms with E-state index in [-0.39, 0.29) is 23.1 Å². The Morgan fingerprint density at radius 3 is 2.84 bits per heavy atom. The fourth-order valence-corrected chi connectivity index (χ4v) is 4.65. The number of phenolic OH excluding ortho intramolecular Hbond substituents is 1. The van der Waals surface area contributed by atoms with Crippen molar-refractivity contribution in [3.05, 3.63) is 63.0 Å². The number of non-ortho nitro benzene ring substituents is 1. The molecule has 5 rings (SSSR count). The van der Waals surface area contributed by atoms with Crippen molar-refractivity contribution in [1.29, 1.82) is 0 Å². The van der Waals surface area contributed by atoms with Gasteiger partial charge in [0.05, 0.1) is 16.1 Å². The zero-order valence-corrected chi connectivity index (χ0v) is 17.5. The van der Waals surface area contributed by atoms with Crippen molar-refractivity contribution in [2.45, 2.75) is 19.8 Å². The molecule has 0 spiro atoms. The number of nitrogens with one attached hydrogen (secondary N) is 1. The van der Waals surface area contributed by atoms with E-state index in [1.807, 2.05) is 13.8 Å². The number of alkyl halides is 1. The smallest absolute Gasteiger partial charge is 0.294 e. The number of carbonyl (C=O) groups is 1. The molecule has 1 amide bonds. The highest BCUT2D eigenvalue weighted by Crippen LogP contribution is 2.47. The van der Waals surface area contributed by atoms with Crippen molar-refractivity contribution in [1.82, 2.24) is 4.98 Å². The van der Waals surface area contributed by atoms with Gasteiger partial charge in [-0.2, -0.15) is 0 Å². The van der Waals surface area contributed by atoms with Gasteiger partial charge >= 0.3 is 0 Å². The van der Waals surface area contributed by atoms with Gasteiger partial charge in [-0.15, -0.1) is 11.6 Å². The quantitative estimate of drug-likeness (QED) is 0.261. The molecule has 0 saturated heterocycles. The monoisotopic (exact) mass is 439 g/mol. The standard InChI is InChI=1S/C22H18ClN3O5/c1-10-11(2)24-21-16(27)7-15-20(19(10)21)13(8-23)9-25(15)22(28)18-6-12-5-14(26(29)30)3-4-17(12)31-18/h3-7,13,24,27H,8-9H2,1-2H3. The summed E-state index contributed by atoms with van der Waals surface area (Å²) in [5, 5.41) is 23.0. The highest BCUT2D eigenvalue weighted by atomic mass is 35.5. The molecule has 0 fully saturated rings. The summed E-state index contributed by atoms with van der Waals surface area (Å²) in [6, 6.07) is 7.26. The predicted octanol–water partition coefficient (Wildman–Crippen LogP) is 5.13. The summed E-state index contributed by atoms with van der Waals surface area (Å²) >= 11 is 6.26. The van der Waals surface area contributed by atoms with Crippen molar-refractivity contribution in [2.24, 2.45) is 0 Å². The van der Waals surface area contributed by atoms with Crippen molar-refractivity contribution in [3.8, 4) is 5.75 Å². The first-order valence-corrected chi connectivity index (χ1v) is 10.2. The molecule has 31 heavy (non-hydrogen) atoms. The molecule has 1 atom stereocenters. The summed E-state index contributed by atoms with van der Waals surface area (Å²) in [5.74, 6) is -0.0667. The van der Waals surface area contributed by atoms with Crippen LogP contribution >= 0.6 is 11.6 Å². The van der Waals surface area contributed by atoms with E-state index in [1.54, 1.807) is 11.0 Å². The topological polar surface area (TPSA) is 113 Å². The molecule has 2 aromatic carbocycles. The van der Waals surface area contributed by atoms with Crippen molar-refractivity contribution in [3.63, 3.8) is 0 Å². The van der Waals surface area contributed by atoms with Crippen LogP contribution in [0.4, 0.5) is 11.4 Å². The first-order chi connectivity index (χ1) is 14.8. The summed E-state index contributed by atoms with van der Waals surface area (Å²) in [6.45, 7) is 4.25. The minimum absolute atomic E-state index is 0.0539. The van der Waals surface area contributed by atoms with Crippen LogP contribution in [-0.2, 0) is 0 Å². The number of fused-ring (bicyclic) bond motifs is 4. The molecule has 2 N–H and O–H groups in total. The molecule has 0 radical (unpaired) electrons. The lowest BCUT2D eigenvalue weighted by molar-refractivity contribution is -0.384. The van der Waals surface area contributed by atoms with Gasteiger partial charge in [-0.1, -0.05) is 0 Å². The van der Waals surface area contributed by atoms with Gasteiger partial charge in [-0.25, -0.2) is 0 Å². The van der Waals surface area contributed by atoms with E-state index in [1.165, 1.54) is 24.3 Å². The van der Waals surface area contributed by atoms with Gasteiger partial charge in [-0.3, -0.25) is 14.9 Å². The Kier molecular flexibility index (Phi) is 4.23. The van der Waals surface area contributed by atoms with E-state index in [0.717, 1.165) is 22.2 Å². The summed E-state index contributed by atoms with van der Waals surface area (Å²) < 4.78 is 5.69. The van der Waals surface area contributed by atoms with E-state index < -0.39 is 10.8 Å². The molecule has 2 aromatic heterocycles. The van der Waals surface area contributed by atoms with E-state index in [4.69, 9.17) is 16.0 Å². The number of benzene rings is 2. The fourth-order valence-electron chi connectivity index (χ4n) is 4.40. The lowest BCUT2D eigenvalue weighted by Gasteiger charge is -2.16. The van der Waals surface area contributed by atoms with Crippen LogP contribution in [0.3, 0.4) is 0 Å². The van der Waals surface area contributed by atoms with Crippen molar-refractivity contribution in [2.75, 3.05) is 17.3 Å². The van der Waals surface area contributed by atoms with Crippen LogP contribution in [-0.4, -0.2) is 33.3 Å². The largest absolute Gasteiger partial charge is 0.506 e. The fraction of sp³-hybridized carbons (Fsp3) is 0.227. The molecule has 1 aliphatic heterocycles. The second-order valence-electron chi connectivity index (χ2n) is 7.81. The number of hydrogen-bond acceptors (Lipinski definition) is 5. The molecule has 4 aromatic rings. The number of nitrogens with zero attached hydrogens (tertiary/aromatic N) is 2. The number of hydrogen-bond donors (Lipinski definition) is 2. The lowest BCUT2D eigenvalue weighted by atomic mass is 9.96. The van der Waals surface area contributed by atoms with E-state index in [2.05, 4.69) is 4.98 Å². The van der Waals surface area contributed by atoms with Crippen LogP contribution in [0, 0.1) is 24.0 Å². The third kappa shape index (κ3) is 2.79. The maximum atomic E-state index is 13.4. The zero-order valence-electron chi connectivity index (χ0n) is 16.7. The van der Waals surface area contributed by atoms with Gasteiger partial charge in [-0.05, 0) is 37.1 Å². The maximum absolute atomic E-state index is 13.4. The Bertz CT molecular complexity index is 1400. The molecule has 0 bridgehead atoms. The van der Waals surface area contributed by atoms with Gasteiger partial charge in [0, 0.05) is 53.0 Å². The number of nitro benzene ring substituents is 1. The number of phenols is 1. The normalized spacial score (nSPS) is 15.7. The molecular weight excluding hydrogens is 422 g/mol. The third-order valence-electron chi connectivity index (χ3n) is 6.03. The molecule has 3 heterocycles. The highest BCUT2D eigenvalue weighted by molar-refractivity contribution is 6.19. The number of H-pyrrole nitrogens is 1. The summed E-state index contributed by atoms with van der Waals surface area (Å²) in [4.78, 5) is 28.7. The van der Waals surface area contributed by atoms with Gasteiger partial charge in [0.1, 0.15) is 11.3 Å². The van der Waals surface area contributed by atoms with Crippen LogP contribution < -0.4 is 4.90 Å². The summed E-state index contributed by atoms with van der Waals surface area (Å²) in [6.07, 6.45) is 0. The average molecular weight is 440 g/mol. The number of aryl methyl sites for hydroxylation is 2. The van der Waals surface area contributed by atoms with Crippen LogP contribution in [0.1, 0.15) is 33.3 Å². The predicted molar refractivity (Wildman–Crippen MR) is 117 cm³/mol. The molecule has 9 heteroatoms. The second kappa shape index (κ2) is 6.75. The number of anilines is 1. The Morgan fingerprint density at radius 1 is 1.35 bits per heavy atom. The van der Waals surface area contributed by atoms with Crippen LogP contribution in [0.15, 0.2) is 34.7 Å². The number of furan rings is 1. The number of aromatic hydroxyl groups is 1. The number of carbonyl (C=O) groups excluding carboxylic acids is 1. The summed E-state index contributed by atoms with van der Waals surface area (Å²) in [5.41, 5.74) is 4.40. The molecule has 158 valence electrons. The molecule has 8 nitrogen and oxygen atoms in total. The number of halogens is 1. The molecule has 0 saturated carbocycles. The average Bonchev–Trinajstić information content (AvgIpc) is 3.41. The van der Waals surface area contributed by atoms with Crippen LogP contribution in [0.5, 0.6) is 5.75 Å². The van der Waals surface area contributed by atoms with E-state index in [9.17, 15) is 20.0 Å². The Balaban J connectivity index is 1.63. The maximum Gasteiger partial charge on any atom is 0.294 e. The minimum atomic E-state index is -0.495. The van der Waals surface area contributed by atoms with Gasteiger partial charge < -0.3 is 19.4 Å². The zero-order chi connectivity index (χ0) is 22.0. The molecule has 0 aliphatic carbocycles. The Hall–Kier alpha value is -3.52. The Labute approximate surface area is 181 Å². The SMILES string of the molecule is Cc1[nH]c2c(O)cc3c(c2c1C)C(CCl)CN3C(=O)c1cc2cc([N+](=O)[O-])ccc2o1. The van der Waals surface area contributed by atoms with Gasteiger partial charge in [0.25, 0.3) is 11.6 Å². The second-order valence-corrected chi connectivity index (χ2v) is 8.12. The molecular formula is C22H18ClN3O5. The van der Waals surface area contributed by atoms with E-state index in [0.29, 0.717) is 34.6 Å².